The van der Waals surface area contributed by atoms with Crippen molar-refractivity contribution in [1.29, 1.82) is 0 Å². The minimum absolute atomic E-state index is 0.176. The summed E-state index contributed by atoms with van der Waals surface area (Å²) in [5, 5.41) is 5.51. The number of nitrogens with one attached hydrogen (secondary N) is 4. The van der Waals surface area contributed by atoms with Gasteiger partial charge in [0.1, 0.15) is 48.4 Å². The number of hydrogen-bond donors (Lipinski definition) is 4. The fourth-order valence-electron chi connectivity index (χ4n) is 11.1. The molecule has 18 nitrogen and oxygen atoms in total. The van der Waals surface area contributed by atoms with E-state index in [4.69, 9.17) is 38.4 Å². The Morgan fingerprint density at radius 3 is 1.55 bits per heavy atom. The topological polar surface area (TPSA) is 212 Å². The van der Waals surface area contributed by atoms with Gasteiger partial charge in [0.25, 0.3) is 0 Å². The molecule has 4 N–H and O–H groups in total. The van der Waals surface area contributed by atoms with E-state index in [1.165, 1.54) is 39.9 Å². The van der Waals surface area contributed by atoms with E-state index in [-0.39, 0.29) is 47.8 Å². The maximum absolute atomic E-state index is 14.5. The van der Waals surface area contributed by atoms with E-state index in [2.05, 4.69) is 32.7 Å². The predicted molar refractivity (Wildman–Crippen MR) is 254 cm³/mol. The van der Waals surface area contributed by atoms with Crippen molar-refractivity contribution < 1.29 is 47.6 Å². The van der Waals surface area contributed by atoms with Crippen molar-refractivity contribution in [3.05, 3.63) is 59.4 Å². The zero-order valence-electron chi connectivity index (χ0n) is 40.7. The highest BCUT2D eigenvalue weighted by molar-refractivity contribution is 5.89. The van der Waals surface area contributed by atoms with Crippen LogP contribution in [-0.2, 0) is 41.8 Å². The van der Waals surface area contributed by atoms with Gasteiger partial charge in [-0.15, -0.1) is 0 Å². The van der Waals surface area contributed by atoms with Crippen LogP contribution in [0, 0.1) is 17.8 Å². The Morgan fingerprint density at radius 2 is 1.12 bits per heavy atom. The highest BCUT2D eigenvalue weighted by atomic mass is 16.5. The molecule has 370 valence electrons. The highest BCUT2D eigenvalue weighted by Crippen LogP contribution is 2.51. The minimum Gasteiger partial charge on any atom is -0.488 e. The quantitative estimate of drug-likeness (QED) is 0.0856. The number of benzene rings is 2. The largest absolute Gasteiger partial charge is 0.488 e. The van der Waals surface area contributed by atoms with Crippen molar-refractivity contribution in [2.45, 2.75) is 129 Å². The van der Waals surface area contributed by atoms with Crippen molar-refractivity contribution in [2.75, 3.05) is 41.2 Å². The summed E-state index contributed by atoms with van der Waals surface area (Å²) in [7, 11) is 4.20. The number of hydrogen-bond acceptors (Lipinski definition) is 12. The van der Waals surface area contributed by atoms with Crippen LogP contribution in [0.4, 0.5) is 9.59 Å². The number of carbonyl (C=O) groups is 4. The lowest BCUT2D eigenvalue weighted by molar-refractivity contribution is -0.139. The van der Waals surface area contributed by atoms with E-state index >= 15 is 0 Å². The summed E-state index contributed by atoms with van der Waals surface area (Å²) >= 11 is 0. The van der Waals surface area contributed by atoms with E-state index in [0.717, 1.165) is 69.1 Å². The van der Waals surface area contributed by atoms with Crippen LogP contribution in [-0.4, -0.2) is 119 Å². The first-order valence-corrected chi connectivity index (χ1v) is 24.5. The molecule has 1 saturated carbocycles. The standard InChI is InChI=1S/C51H66N8O10/c1-27(2)44(56-50(62)65-6)48(60)58-34(25-64-5)12-14-38(58)46-52-20-36(54-46)30-16-32-23-69-41-19-31(17-33-24-68-40(18-30)42(32)43(33)41)37-21-53-47(55-37)39-15-13-35(26-67-22-29-10-8-9-11-29)59(39)49(61)45(28(3)4)57-51(63)66-7/h16-21,27-29,34-35,38-39,44-45H,8-15,22-26H2,1-7H3,(H,52,54)(H,53,55)(H,56,62)(H,57,63)/t34-,35-,38+,39+,44+,45+/m1/s1. The number of ether oxygens (including phenoxy) is 6. The molecule has 2 aromatic carbocycles. The molecule has 69 heavy (non-hydrogen) atoms. The normalized spacial score (nSPS) is 21.5. The van der Waals surface area contributed by atoms with Crippen molar-refractivity contribution in [3.63, 3.8) is 0 Å². The summed E-state index contributed by atoms with van der Waals surface area (Å²) in [6.07, 6.45) is 9.93. The molecule has 9 rings (SSSR count). The first-order valence-electron chi connectivity index (χ1n) is 24.5. The van der Waals surface area contributed by atoms with Crippen LogP contribution in [0.1, 0.15) is 114 Å². The van der Waals surface area contributed by atoms with Gasteiger partial charge in [-0.1, -0.05) is 40.5 Å². The first-order chi connectivity index (χ1) is 33.4. The molecule has 4 aromatic rings. The maximum atomic E-state index is 14.5. The third-order valence-corrected chi connectivity index (χ3v) is 14.6. The van der Waals surface area contributed by atoms with Crippen LogP contribution in [0.3, 0.4) is 0 Å². The zero-order chi connectivity index (χ0) is 48.5. The van der Waals surface area contributed by atoms with E-state index in [9.17, 15) is 19.2 Å². The molecule has 1 aliphatic carbocycles. The molecular weight excluding hydrogens is 885 g/mol. The number of rotatable bonds is 16. The molecule has 6 heterocycles. The van der Waals surface area contributed by atoms with Gasteiger partial charge in [0.15, 0.2) is 0 Å². The number of nitrogens with zero attached hydrogens (tertiary/aromatic N) is 4. The number of amides is 4. The Hall–Kier alpha value is -6.14. The summed E-state index contributed by atoms with van der Waals surface area (Å²) in [6.45, 7) is 9.71. The van der Waals surface area contributed by atoms with Gasteiger partial charge in [0.05, 0.1) is 75.4 Å². The van der Waals surface area contributed by atoms with Gasteiger partial charge >= 0.3 is 12.2 Å². The number of carbonyl (C=O) groups excluding carboxylic acids is 4. The van der Waals surface area contributed by atoms with Gasteiger partial charge in [-0.2, -0.15) is 0 Å². The van der Waals surface area contributed by atoms with Crippen LogP contribution in [0.5, 0.6) is 11.5 Å². The lowest BCUT2D eigenvalue weighted by Gasteiger charge is -2.34. The van der Waals surface area contributed by atoms with Gasteiger partial charge in [0.2, 0.25) is 11.8 Å². The summed E-state index contributed by atoms with van der Waals surface area (Å²) in [6, 6.07) is 5.62. The van der Waals surface area contributed by atoms with Crippen LogP contribution < -0.4 is 20.1 Å². The number of imidazole rings is 2. The minimum atomic E-state index is -0.787. The molecule has 2 saturated heterocycles. The zero-order valence-corrected chi connectivity index (χ0v) is 40.7. The third kappa shape index (κ3) is 9.61. The molecule has 4 aliphatic heterocycles. The summed E-state index contributed by atoms with van der Waals surface area (Å²) in [5.74, 6) is 2.60. The smallest absolute Gasteiger partial charge is 0.407 e. The van der Waals surface area contributed by atoms with Crippen LogP contribution in [0.15, 0.2) is 36.7 Å². The fraction of sp³-hybridized carbons (Fsp3) is 0.569. The van der Waals surface area contributed by atoms with Crippen LogP contribution >= 0.6 is 0 Å². The molecule has 3 fully saturated rings. The van der Waals surface area contributed by atoms with Crippen LogP contribution in [0.2, 0.25) is 0 Å². The predicted octanol–water partition coefficient (Wildman–Crippen LogP) is 7.60. The van der Waals surface area contributed by atoms with E-state index in [1.54, 1.807) is 24.4 Å². The summed E-state index contributed by atoms with van der Waals surface area (Å²) in [4.78, 5) is 73.7. The average molecular weight is 951 g/mol. The van der Waals surface area contributed by atoms with Gasteiger partial charge in [-0.05, 0) is 80.5 Å². The number of likely N-dealkylation sites (tertiary alicyclic amines) is 2. The van der Waals surface area contributed by atoms with Gasteiger partial charge in [-0.3, -0.25) is 9.59 Å². The number of aromatic nitrogens is 4. The van der Waals surface area contributed by atoms with Gasteiger partial charge in [0, 0.05) is 47.1 Å². The SMILES string of the molecule is COC[C@H]1CC[C@@H](c2ncc(-c3cc4c5c(c3)OCc3cc(-c6cnc([C@@H]7CC[C@H](COCC8CCCC8)N7C(=O)[C@@H](NC(=O)OC)C(C)C)[nH]6)cc(c3-5)OC4)[nH]2)N1C(=O)[C@@H](NC(=O)OC)C(C)C. The van der Waals surface area contributed by atoms with Crippen molar-refractivity contribution in [2.24, 2.45) is 17.8 Å². The Morgan fingerprint density at radius 1 is 0.652 bits per heavy atom. The van der Waals surface area contributed by atoms with E-state index < -0.39 is 24.3 Å². The molecule has 4 amide bonds. The molecular formula is C51H66N8O10. The monoisotopic (exact) mass is 950 g/mol. The van der Waals surface area contributed by atoms with Crippen LogP contribution in [0.25, 0.3) is 33.6 Å². The molecule has 18 heteroatoms. The van der Waals surface area contributed by atoms with E-state index in [0.29, 0.717) is 63.4 Å². The number of methoxy groups -OCH3 is 3. The molecule has 0 spiro atoms. The average Bonchev–Trinajstić information content (AvgIpc) is 4.22. The van der Waals surface area contributed by atoms with Gasteiger partial charge in [-0.25, -0.2) is 19.6 Å². The molecule has 6 atom stereocenters. The molecule has 0 unspecified atom stereocenters. The second-order valence-corrected chi connectivity index (χ2v) is 19.8. The summed E-state index contributed by atoms with van der Waals surface area (Å²) < 4.78 is 34.6. The second kappa shape index (κ2) is 20.4. The number of H-pyrrole nitrogens is 2. The Kier molecular flexibility index (Phi) is 14.2. The van der Waals surface area contributed by atoms with Gasteiger partial charge < -0.3 is 58.8 Å². The van der Waals surface area contributed by atoms with Crippen molar-refractivity contribution in [1.82, 2.24) is 40.4 Å². The second-order valence-electron chi connectivity index (χ2n) is 19.8. The lowest BCUT2D eigenvalue weighted by Crippen LogP contribution is -2.53. The molecule has 0 radical (unpaired) electrons. The number of alkyl carbamates (subject to hydrolysis) is 2. The first kappa shape index (κ1) is 47.9. The van der Waals surface area contributed by atoms with E-state index in [1.807, 2.05) is 44.7 Å². The molecule has 5 aliphatic rings. The summed E-state index contributed by atoms with van der Waals surface area (Å²) in [5.41, 5.74) is 7.26. The fourth-order valence-corrected chi connectivity index (χ4v) is 11.1. The maximum Gasteiger partial charge on any atom is 0.407 e. The molecule has 0 bridgehead atoms. The van der Waals surface area contributed by atoms with Crippen molar-refractivity contribution >= 4 is 24.0 Å². The van der Waals surface area contributed by atoms with Crippen molar-refractivity contribution in [3.8, 4) is 45.1 Å². The lowest BCUT2D eigenvalue weighted by atomic mass is 9.87. The Balaban J connectivity index is 0.951. The highest BCUT2D eigenvalue weighted by Gasteiger charge is 2.45. The Bertz CT molecular complexity index is 2480. The molecule has 2 aromatic heterocycles. The third-order valence-electron chi connectivity index (χ3n) is 14.6. The number of aromatic amines is 2. The Labute approximate surface area is 402 Å².